The Morgan fingerprint density at radius 1 is 1.26 bits per heavy atom. The number of nitrogens with one attached hydrogen (secondary N) is 2. The molecule has 3 aromatic rings. The molecular formula is C25H27F2N5O3. The molecule has 3 unspecified atom stereocenters. The van der Waals surface area contributed by atoms with Crippen LogP contribution < -0.4 is 10.1 Å². The van der Waals surface area contributed by atoms with Gasteiger partial charge in [0.1, 0.15) is 11.3 Å². The Labute approximate surface area is 201 Å². The maximum absolute atomic E-state index is 14.6. The van der Waals surface area contributed by atoms with E-state index in [0.29, 0.717) is 28.9 Å². The number of halogens is 2. The molecule has 0 radical (unpaired) electrons. The highest BCUT2D eigenvalue weighted by molar-refractivity contribution is 5.92. The van der Waals surface area contributed by atoms with Gasteiger partial charge in [-0.3, -0.25) is 14.7 Å². The van der Waals surface area contributed by atoms with Crippen LogP contribution in [0.1, 0.15) is 23.6 Å². The van der Waals surface area contributed by atoms with Crippen molar-refractivity contribution in [3.63, 3.8) is 0 Å². The van der Waals surface area contributed by atoms with E-state index >= 15 is 0 Å². The summed E-state index contributed by atoms with van der Waals surface area (Å²) in [4.78, 5) is 28.2. The van der Waals surface area contributed by atoms with Crippen LogP contribution in [0.15, 0.2) is 30.3 Å². The van der Waals surface area contributed by atoms with Gasteiger partial charge in [-0.2, -0.15) is 5.10 Å². The molecule has 2 N–H and O–H groups in total. The van der Waals surface area contributed by atoms with E-state index in [-0.39, 0.29) is 41.9 Å². The SMILES string of the molecule is CN(C)C(=O)Cc1[nH]nc2c(Oc3ccc(F)cc3F)c(C3CN(C)C(=O)C4NCCC43)ccc12. The van der Waals surface area contributed by atoms with Crippen molar-refractivity contribution in [1.29, 1.82) is 0 Å². The zero-order valence-corrected chi connectivity index (χ0v) is 19.8. The smallest absolute Gasteiger partial charge is 0.239 e. The van der Waals surface area contributed by atoms with Crippen LogP contribution in [0, 0.1) is 17.6 Å². The fourth-order valence-corrected chi connectivity index (χ4v) is 5.15. The fourth-order valence-electron chi connectivity index (χ4n) is 5.15. The molecule has 3 heterocycles. The largest absolute Gasteiger partial charge is 0.452 e. The van der Waals surface area contributed by atoms with Gasteiger partial charge in [0.2, 0.25) is 11.8 Å². The average molecular weight is 484 g/mol. The van der Waals surface area contributed by atoms with E-state index in [1.54, 1.807) is 26.0 Å². The van der Waals surface area contributed by atoms with Crippen molar-refractivity contribution in [2.45, 2.75) is 24.8 Å². The number of amides is 2. The summed E-state index contributed by atoms with van der Waals surface area (Å²) in [6, 6.07) is 6.64. The number of carbonyl (C=O) groups excluding carboxylic acids is 2. The number of fused-ring (bicyclic) bond motifs is 2. The Bertz CT molecular complexity index is 1310. The molecule has 2 saturated heterocycles. The molecule has 0 aliphatic carbocycles. The molecule has 0 bridgehead atoms. The second-order valence-electron chi connectivity index (χ2n) is 9.43. The summed E-state index contributed by atoms with van der Waals surface area (Å²) in [7, 11) is 5.12. The third-order valence-corrected chi connectivity index (χ3v) is 7.02. The third-order valence-electron chi connectivity index (χ3n) is 7.02. The Balaban J connectivity index is 1.63. The van der Waals surface area contributed by atoms with Crippen molar-refractivity contribution in [3.05, 3.63) is 53.2 Å². The second kappa shape index (κ2) is 8.92. The molecule has 10 heteroatoms. The van der Waals surface area contributed by atoms with Gasteiger partial charge in [-0.05, 0) is 31.0 Å². The Kier molecular flexibility index (Phi) is 5.92. The number of carbonyl (C=O) groups is 2. The van der Waals surface area contributed by atoms with Crippen LogP contribution in [0.5, 0.6) is 11.5 Å². The monoisotopic (exact) mass is 483 g/mol. The minimum atomic E-state index is -0.831. The number of ether oxygens (including phenoxy) is 1. The molecule has 2 amide bonds. The van der Waals surface area contributed by atoms with Gasteiger partial charge in [-0.1, -0.05) is 12.1 Å². The van der Waals surface area contributed by atoms with Gasteiger partial charge in [0, 0.05) is 50.6 Å². The molecule has 8 nitrogen and oxygen atoms in total. The highest BCUT2D eigenvalue weighted by atomic mass is 19.1. The number of hydrogen-bond donors (Lipinski definition) is 2. The molecule has 2 aliphatic rings. The van der Waals surface area contributed by atoms with Crippen LogP contribution in [0.3, 0.4) is 0 Å². The van der Waals surface area contributed by atoms with Gasteiger partial charge in [-0.25, -0.2) is 8.78 Å². The number of likely N-dealkylation sites (N-methyl/N-ethyl adjacent to an activating group) is 2. The van der Waals surface area contributed by atoms with Crippen molar-refractivity contribution >= 4 is 22.7 Å². The summed E-state index contributed by atoms with van der Waals surface area (Å²) in [6.07, 6.45) is 0.933. The molecule has 1 aromatic heterocycles. The average Bonchev–Trinajstić information content (AvgIpc) is 3.46. The van der Waals surface area contributed by atoms with E-state index < -0.39 is 11.6 Å². The van der Waals surface area contributed by atoms with E-state index in [4.69, 9.17) is 4.74 Å². The minimum absolute atomic E-state index is 0.0466. The van der Waals surface area contributed by atoms with Gasteiger partial charge >= 0.3 is 0 Å². The second-order valence-corrected chi connectivity index (χ2v) is 9.43. The van der Waals surface area contributed by atoms with Crippen LogP contribution in [0.2, 0.25) is 0 Å². The van der Waals surface area contributed by atoms with Crippen molar-refractivity contribution in [3.8, 4) is 11.5 Å². The lowest BCUT2D eigenvalue weighted by atomic mass is 9.77. The molecule has 3 atom stereocenters. The molecule has 0 spiro atoms. The number of nitrogens with zero attached hydrogens (tertiary/aromatic N) is 3. The van der Waals surface area contributed by atoms with Gasteiger partial charge in [0.15, 0.2) is 17.3 Å². The molecular weight excluding hydrogens is 456 g/mol. The van der Waals surface area contributed by atoms with Crippen molar-refractivity contribution in [1.82, 2.24) is 25.3 Å². The van der Waals surface area contributed by atoms with Gasteiger partial charge in [0.05, 0.1) is 18.2 Å². The lowest BCUT2D eigenvalue weighted by molar-refractivity contribution is -0.136. The molecule has 2 fully saturated rings. The summed E-state index contributed by atoms with van der Waals surface area (Å²) in [5, 5.41) is 11.4. The van der Waals surface area contributed by atoms with E-state index in [0.717, 1.165) is 30.7 Å². The first-order valence-corrected chi connectivity index (χ1v) is 11.6. The normalized spacial score (nSPS) is 21.9. The predicted octanol–water partition coefficient (Wildman–Crippen LogP) is 2.80. The number of H-pyrrole nitrogens is 1. The first kappa shape index (κ1) is 23.2. The summed E-state index contributed by atoms with van der Waals surface area (Å²) in [5.41, 5.74) is 1.86. The highest BCUT2D eigenvalue weighted by Gasteiger charge is 2.45. The first-order valence-electron chi connectivity index (χ1n) is 11.6. The number of aromatic nitrogens is 2. The quantitative estimate of drug-likeness (QED) is 0.583. The summed E-state index contributed by atoms with van der Waals surface area (Å²) in [6.45, 7) is 1.21. The molecule has 0 saturated carbocycles. The standard InChI is InChI=1S/C25H27F2N5O3/c1-31(2)21(33)11-19-16-6-5-15(17-12-32(3)25(34)23-14(17)8-9-28-23)24(22(16)30-29-19)35-20-7-4-13(26)10-18(20)27/h4-7,10,14,17,23,28H,8-9,11-12H2,1-3H3,(H,29,30). The lowest BCUT2D eigenvalue weighted by Crippen LogP contribution is -2.52. The number of rotatable bonds is 5. The predicted molar refractivity (Wildman–Crippen MR) is 125 cm³/mol. The Morgan fingerprint density at radius 2 is 2.06 bits per heavy atom. The minimum Gasteiger partial charge on any atom is -0.452 e. The number of hydrogen-bond acceptors (Lipinski definition) is 5. The Morgan fingerprint density at radius 3 is 2.80 bits per heavy atom. The van der Waals surface area contributed by atoms with Gasteiger partial charge < -0.3 is 19.9 Å². The zero-order chi connectivity index (χ0) is 24.9. The van der Waals surface area contributed by atoms with E-state index in [2.05, 4.69) is 15.5 Å². The Hall–Kier alpha value is -3.53. The van der Waals surface area contributed by atoms with E-state index in [9.17, 15) is 18.4 Å². The summed E-state index contributed by atoms with van der Waals surface area (Å²) in [5.74, 6) is -1.40. The van der Waals surface area contributed by atoms with Crippen molar-refractivity contribution in [2.75, 3.05) is 34.2 Å². The van der Waals surface area contributed by atoms with Gasteiger partial charge in [0.25, 0.3) is 0 Å². The highest BCUT2D eigenvalue weighted by Crippen LogP contribution is 2.45. The molecule has 2 aromatic carbocycles. The van der Waals surface area contributed by atoms with Crippen LogP contribution in [-0.4, -0.2) is 72.1 Å². The topological polar surface area (TPSA) is 90.6 Å². The van der Waals surface area contributed by atoms with Gasteiger partial charge in [-0.15, -0.1) is 0 Å². The lowest BCUT2D eigenvalue weighted by Gasteiger charge is -2.39. The fraction of sp³-hybridized carbons (Fsp3) is 0.400. The molecule has 184 valence electrons. The number of likely N-dealkylation sites (tertiary alicyclic amines) is 1. The van der Waals surface area contributed by atoms with E-state index in [1.807, 2.05) is 12.1 Å². The first-order chi connectivity index (χ1) is 16.7. The van der Waals surface area contributed by atoms with Crippen molar-refractivity contribution in [2.24, 2.45) is 5.92 Å². The number of piperidine rings is 1. The third kappa shape index (κ3) is 4.12. The van der Waals surface area contributed by atoms with Crippen LogP contribution in [-0.2, 0) is 16.0 Å². The number of aromatic amines is 1. The zero-order valence-electron chi connectivity index (χ0n) is 19.8. The summed E-state index contributed by atoms with van der Waals surface area (Å²) < 4.78 is 34.2. The van der Waals surface area contributed by atoms with Crippen LogP contribution in [0.4, 0.5) is 8.78 Å². The van der Waals surface area contributed by atoms with E-state index in [1.165, 1.54) is 11.0 Å². The van der Waals surface area contributed by atoms with Crippen LogP contribution in [0.25, 0.3) is 10.9 Å². The summed E-state index contributed by atoms with van der Waals surface area (Å²) >= 11 is 0. The maximum atomic E-state index is 14.6. The molecule has 2 aliphatic heterocycles. The number of benzene rings is 2. The molecule has 5 rings (SSSR count). The molecule has 35 heavy (non-hydrogen) atoms. The van der Waals surface area contributed by atoms with Crippen LogP contribution >= 0.6 is 0 Å². The maximum Gasteiger partial charge on any atom is 0.239 e. The van der Waals surface area contributed by atoms with Crippen molar-refractivity contribution < 1.29 is 23.1 Å².